The predicted octanol–water partition coefficient (Wildman–Crippen LogP) is 2.97. The number of carbonyl (C=O) groups is 2. The summed E-state index contributed by atoms with van der Waals surface area (Å²) in [4.78, 5) is 27.0. The van der Waals surface area contributed by atoms with Crippen LogP contribution in [-0.4, -0.2) is 71.5 Å². The number of aliphatic hydroxyl groups is 2. The van der Waals surface area contributed by atoms with Crippen molar-refractivity contribution >= 4 is 23.4 Å². The SMILES string of the molecule is C[C@H](O)CN(C)C(=O)Nc1ccc(Cc2ccc(NC(=O)N(C)C[C@@H](C)O)cc2)cc1. The quantitative estimate of drug-likeness (QED) is 0.519. The third kappa shape index (κ3) is 8.27. The normalized spacial score (nSPS) is 12.6. The Labute approximate surface area is 183 Å². The van der Waals surface area contributed by atoms with E-state index in [1.54, 1.807) is 27.9 Å². The molecule has 0 aliphatic carbocycles. The molecule has 0 saturated carbocycles. The van der Waals surface area contributed by atoms with E-state index in [9.17, 15) is 19.8 Å². The standard InChI is InChI=1S/C23H32N4O4/c1-16(28)14-26(3)22(30)24-20-9-5-18(6-10-20)13-19-7-11-21(12-8-19)25-23(31)27(4)15-17(2)29/h5-12,16-17,28-29H,13-15H2,1-4H3,(H,24,30)(H,25,31)/t16-,17+. The summed E-state index contributed by atoms with van der Waals surface area (Å²) >= 11 is 0. The molecule has 0 spiro atoms. The first-order valence-corrected chi connectivity index (χ1v) is 10.2. The van der Waals surface area contributed by atoms with Gasteiger partial charge in [-0.15, -0.1) is 0 Å². The highest BCUT2D eigenvalue weighted by molar-refractivity contribution is 5.89. The van der Waals surface area contributed by atoms with E-state index in [4.69, 9.17) is 0 Å². The van der Waals surface area contributed by atoms with Gasteiger partial charge >= 0.3 is 12.1 Å². The van der Waals surface area contributed by atoms with Gasteiger partial charge in [0.05, 0.1) is 12.2 Å². The first-order valence-electron chi connectivity index (χ1n) is 10.2. The zero-order valence-electron chi connectivity index (χ0n) is 18.5. The number of benzene rings is 2. The fraction of sp³-hybridized carbons (Fsp3) is 0.391. The minimum atomic E-state index is -0.581. The molecule has 4 N–H and O–H groups in total. The molecule has 0 aromatic heterocycles. The van der Waals surface area contributed by atoms with Gasteiger partial charge in [-0.3, -0.25) is 0 Å². The molecule has 8 heteroatoms. The number of likely N-dealkylation sites (N-methyl/N-ethyl adjacent to an activating group) is 2. The van der Waals surface area contributed by atoms with Crippen LogP contribution in [0.1, 0.15) is 25.0 Å². The Hall–Kier alpha value is -3.10. The van der Waals surface area contributed by atoms with Gasteiger partial charge in [0.1, 0.15) is 0 Å². The van der Waals surface area contributed by atoms with Gasteiger partial charge in [-0.1, -0.05) is 24.3 Å². The smallest absolute Gasteiger partial charge is 0.321 e. The second-order valence-corrected chi connectivity index (χ2v) is 7.89. The van der Waals surface area contributed by atoms with Gasteiger partial charge in [-0.25, -0.2) is 9.59 Å². The number of nitrogens with zero attached hydrogens (tertiary/aromatic N) is 2. The molecule has 4 amide bonds. The number of carbonyl (C=O) groups excluding carboxylic acids is 2. The van der Waals surface area contributed by atoms with Crippen LogP contribution in [0.15, 0.2) is 48.5 Å². The molecule has 0 fully saturated rings. The third-order valence-electron chi connectivity index (χ3n) is 4.59. The summed E-state index contributed by atoms with van der Waals surface area (Å²) in [6.45, 7) is 3.79. The molecule has 0 aliphatic heterocycles. The van der Waals surface area contributed by atoms with E-state index in [0.29, 0.717) is 17.8 Å². The van der Waals surface area contributed by atoms with Gasteiger partial charge in [0.15, 0.2) is 0 Å². The van der Waals surface area contributed by atoms with Crippen LogP contribution in [0, 0.1) is 0 Å². The lowest BCUT2D eigenvalue weighted by atomic mass is 10.0. The van der Waals surface area contributed by atoms with Crippen molar-refractivity contribution in [2.45, 2.75) is 32.5 Å². The van der Waals surface area contributed by atoms with E-state index >= 15 is 0 Å². The van der Waals surface area contributed by atoms with Crippen LogP contribution in [-0.2, 0) is 6.42 Å². The summed E-state index contributed by atoms with van der Waals surface area (Å²) in [5.41, 5.74) is 3.55. The predicted molar refractivity (Wildman–Crippen MR) is 122 cm³/mol. The number of hydrogen-bond acceptors (Lipinski definition) is 4. The highest BCUT2D eigenvalue weighted by atomic mass is 16.3. The molecular weight excluding hydrogens is 396 g/mol. The molecular formula is C23H32N4O4. The lowest BCUT2D eigenvalue weighted by molar-refractivity contribution is 0.149. The van der Waals surface area contributed by atoms with Crippen LogP contribution in [0.5, 0.6) is 0 Å². The fourth-order valence-corrected chi connectivity index (χ4v) is 3.04. The Bertz CT molecular complexity index is 779. The van der Waals surface area contributed by atoms with Crippen LogP contribution in [0.2, 0.25) is 0 Å². The van der Waals surface area contributed by atoms with Crippen molar-refractivity contribution < 1.29 is 19.8 Å². The molecule has 2 aromatic rings. The van der Waals surface area contributed by atoms with Crippen LogP contribution in [0.3, 0.4) is 0 Å². The van der Waals surface area contributed by atoms with Gasteiger partial charge in [0, 0.05) is 38.6 Å². The molecule has 31 heavy (non-hydrogen) atoms. The molecule has 8 nitrogen and oxygen atoms in total. The van der Waals surface area contributed by atoms with Crippen molar-refractivity contribution in [3.05, 3.63) is 59.7 Å². The van der Waals surface area contributed by atoms with Crippen molar-refractivity contribution in [2.24, 2.45) is 0 Å². The molecule has 2 atom stereocenters. The van der Waals surface area contributed by atoms with Crippen molar-refractivity contribution in [3.63, 3.8) is 0 Å². The zero-order chi connectivity index (χ0) is 23.0. The van der Waals surface area contributed by atoms with Gasteiger partial charge in [0.2, 0.25) is 0 Å². The molecule has 168 valence electrons. The maximum absolute atomic E-state index is 12.1. The average molecular weight is 429 g/mol. The number of anilines is 2. The minimum absolute atomic E-state index is 0.261. The van der Waals surface area contributed by atoms with Gasteiger partial charge < -0.3 is 30.6 Å². The van der Waals surface area contributed by atoms with Crippen LogP contribution in [0.4, 0.5) is 21.0 Å². The Morgan fingerprint density at radius 3 is 1.35 bits per heavy atom. The van der Waals surface area contributed by atoms with Crippen molar-refractivity contribution in [2.75, 3.05) is 37.8 Å². The number of hydrogen-bond donors (Lipinski definition) is 4. The highest BCUT2D eigenvalue weighted by Gasteiger charge is 2.12. The summed E-state index contributed by atoms with van der Waals surface area (Å²) in [7, 11) is 3.27. The maximum Gasteiger partial charge on any atom is 0.321 e. The van der Waals surface area contributed by atoms with Gasteiger partial charge in [-0.2, -0.15) is 0 Å². The fourth-order valence-electron chi connectivity index (χ4n) is 3.04. The molecule has 0 aliphatic rings. The molecule has 2 aromatic carbocycles. The van der Waals surface area contributed by atoms with E-state index in [-0.39, 0.29) is 25.2 Å². The molecule has 0 heterocycles. The summed E-state index contributed by atoms with van der Waals surface area (Å²) in [5, 5.41) is 24.4. The molecule has 0 radical (unpaired) electrons. The summed E-state index contributed by atoms with van der Waals surface area (Å²) in [6.07, 6.45) is -0.447. The van der Waals surface area contributed by atoms with Crippen LogP contribution < -0.4 is 10.6 Å². The molecule has 0 saturated heterocycles. The Kier molecular flexibility index (Phi) is 8.84. The highest BCUT2D eigenvalue weighted by Crippen LogP contribution is 2.16. The van der Waals surface area contributed by atoms with Crippen molar-refractivity contribution in [1.29, 1.82) is 0 Å². The molecule has 0 bridgehead atoms. The number of rotatable bonds is 8. The Balaban J connectivity index is 1.89. The lowest BCUT2D eigenvalue weighted by Gasteiger charge is -2.19. The van der Waals surface area contributed by atoms with Crippen LogP contribution in [0.25, 0.3) is 0 Å². The summed E-state index contributed by atoms with van der Waals surface area (Å²) in [5.74, 6) is 0. The molecule has 2 rings (SSSR count). The maximum atomic E-state index is 12.1. The monoisotopic (exact) mass is 428 g/mol. The number of aliphatic hydroxyl groups excluding tert-OH is 2. The zero-order valence-corrected chi connectivity index (χ0v) is 18.5. The van der Waals surface area contributed by atoms with Crippen LogP contribution >= 0.6 is 0 Å². The number of nitrogens with one attached hydrogen (secondary N) is 2. The first-order chi connectivity index (χ1) is 14.6. The van der Waals surface area contributed by atoms with Gasteiger partial charge in [0.25, 0.3) is 0 Å². The summed E-state index contributed by atoms with van der Waals surface area (Å²) < 4.78 is 0. The topological polar surface area (TPSA) is 105 Å². The Morgan fingerprint density at radius 1 is 0.742 bits per heavy atom. The minimum Gasteiger partial charge on any atom is -0.392 e. The van der Waals surface area contributed by atoms with E-state index in [2.05, 4.69) is 10.6 Å². The van der Waals surface area contributed by atoms with Gasteiger partial charge in [-0.05, 0) is 55.7 Å². The van der Waals surface area contributed by atoms with E-state index in [0.717, 1.165) is 11.1 Å². The first kappa shape index (κ1) is 24.2. The Morgan fingerprint density at radius 2 is 1.06 bits per heavy atom. The molecule has 0 unspecified atom stereocenters. The lowest BCUT2D eigenvalue weighted by Crippen LogP contribution is -2.36. The van der Waals surface area contributed by atoms with E-state index in [1.165, 1.54) is 9.80 Å². The van der Waals surface area contributed by atoms with Crippen molar-refractivity contribution in [3.8, 4) is 0 Å². The second-order valence-electron chi connectivity index (χ2n) is 7.89. The second kappa shape index (κ2) is 11.3. The number of urea groups is 2. The number of amides is 4. The average Bonchev–Trinajstić information content (AvgIpc) is 2.69. The van der Waals surface area contributed by atoms with E-state index < -0.39 is 12.2 Å². The van der Waals surface area contributed by atoms with Crippen molar-refractivity contribution in [1.82, 2.24) is 9.80 Å². The third-order valence-corrected chi connectivity index (χ3v) is 4.59. The largest absolute Gasteiger partial charge is 0.392 e. The van der Waals surface area contributed by atoms with E-state index in [1.807, 2.05) is 48.5 Å². The summed E-state index contributed by atoms with van der Waals surface area (Å²) in [6, 6.07) is 14.6.